The van der Waals surface area contributed by atoms with Gasteiger partial charge in [0.1, 0.15) is 0 Å². The molecular formula is C26H48N4O3. The molecule has 0 radical (unpaired) electrons. The van der Waals surface area contributed by atoms with Crippen molar-refractivity contribution in [2.75, 3.05) is 19.7 Å². The first-order chi connectivity index (χ1) is 15.7. The second kappa shape index (κ2) is 10.00. The van der Waals surface area contributed by atoms with E-state index < -0.39 is 5.60 Å². The molecule has 0 aliphatic heterocycles. The van der Waals surface area contributed by atoms with Gasteiger partial charge in [-0.05, 0) is 112 Å². The summed E-state index contributed by atoms with van der Waals surface area (Å²) >= 11 is 0. The zero-order valence-corrected chi connectivity index (χ0v) is 20.9. The average Bonchev–Trinajstić information content (AvgIpc) is 3.04. The Kier molecular flexibility index (Phi) is 7.64. The number of hydrogen-bond acceptors (Lipinski definition) is 5. The van der Waals surface area contributed by atoms with Crippen molar-refractivity contribution in [3.05, 3.63) is 0 Å². The minimum absolute atomic E-state index is 0.0343. The third-order valence-corrected chi connectivity index (χ3v) is 10.6. The van der Waals surface area contributed by atoms with Crippen LogP contribution in [0.3, 0.4) is 0 Å². The molecule has 4 saturated carbocycles. The Bertz CT molecular complexity index is 701. The summed E-state index contributed by atoms with van der Waals surface area (Å²) in [5.74, 6) is 2.41. The van der Waals surface area contributed by atoms with E-state index in [2.05, 4.69) is 24.3 Å². The van der Waals surface area contributed by atoms with Crippen molar-refractivity contribution in [3.63, 3.8) is 0 Å². The minimum Gasteiger partial charge on any atom is -0.393 e. The van der Waals surface area contributed by atoms with E-state index in [4.69, 9.17) is 16.3 Å². The first-order valence-corrected chi connectivity index (χ1v) is 13.5. The number of hydroxylamine groups is 1. The van der Waals surface area contributed by atoms with Gasteiger partial charge in [-0.3, -0.25) is 4.99 Å². The van der Waals surface area contributed by atoms with E-state index in [9.17, 15) is 10.2 Å². The second-order valence-electron chi connectivity index (χ2n) is 12.1. The average molecular weight is 465 g/mol. The van der Waals surface area contributed by atoms with E-state index in [0.29, 0.717) is 42.2 Å². The predicted octanol–water partition coefficient (Wildman–Crippen LogP) is 3.09. The number of fused-ring (bicyclic) bond motifs is 5. The van der Waals surface area contributed by atoms with Crippen LogP contribution in [0.1, 0.15) is 90.9 Å². The van der Waals surface area contributed by atoms with E-state index in [0.717, 1.165) is 70.8 Å². The molecule has 7 heteroatoms. The lowest BCUT2D eigenvalue weighted by molar-refractivity contribution is -0.210. The number of rotatable bonds is 9. The van der Waals surface area contributed by atoms with Gasteiger partial charge in [0, 0.05) is 13.1 Å². The molecule has 7 N–H and O–H groups in total. The number of nitrogens with one attached hydrogen (secondary N) is 1. The Labute approximate surface area is 200 Å². The highest BCUT2D eigenvalue weighted by Gasteiger charge is 2.66. The van der Waals surface area contributed by atoms with Crippen LogP contribution in [0.4, 0.5) is 0 Å². The molecule has 0 aromatic rings. The second-order valence-corrected chi connectivity index (χ2v) is 12.1. The van der Waals surface area contributed by atoms with Gasteiger partial charge < -0.3 is 26.5 Å². The molecule has 33 heavy (non-hydrogen) atoms. The fourth-order valence-electron chi connectivity index (χ4n) is 8.69. The Balaban J connectivity index is 1.28. The molecule has 7 nitrogen and oxygen atoms in total. The SMILES string of the molecule is C[C@]12CCC(O)CC1CC[C@@H]1[C@H]2CC[C@]2(C)C(CCCNOCCCN=C(N)N)CC[C@@]12O. The van der Waals surface area contributed by atoms with Crippen LogP contribution in [0.25, 0.3) is 0 Å². The molecule has 4 rings (SSSR count). The summed E-state index contributed by atoms with van der Waals surface area (Å²) in [5.41, 5.74) is 13.5. The predicted molar refractivity (Wildman–Crippen MR) is 131 cm³/mol. The van der Waals surface area contributed by atoms with Gasteiger partial charge in [0.05, 0.1) is 18.3 Å². The topological polar surface area (TPSA) is 126 Å². The van der Waals surface area contributed by atoms with Crippen molar-refractivity contribution in [2.24, 2.45) is 51.0 Å². The molecule has 0 amide bonds. The molecule has 190 valence electrons. The van der Waals surface area contributed by atoms with Crippen LogP contribution in [0.15, 0.2) is 4.99 Å². The van der Waals surface area contributed by atoms with Gasteiger partial charge in [-0.1, -0.05) is 13.8 Å². The smallest absolute Gasteiger partial charge is 0.185 e. The molecule has 4 aliphatic rings. The number of nitrogens with two attached hydrogens (primary N) is 2. The van der Waals surface area contributed by atoms with E-state index in [1.807, 2.05) is 0 Å². The summed E-state index contributed by atoms with van der Waals surface area (Å²) in [4.78, 5) is 9.45. The summed E-state index contributed by atoms with van der Waals surface area (Å²) in [6, 6.07) is 0. The van der Waals surface area contributed by atoms with Gasteiger partial charge >= 0.3 is 0 Å². The maximum absolute atomic E-state index is 12.2. The third kappa shape index (κ3) is 4.67. The lowest BCUT2D eigenvalue weighted by atomic mass is 9.43. The molecule has 3 unspecified atom stereocenters. The highest BCUT2D eigenvalue weighted by molar-refractivity contribution is 5.75. The third-order valence-electron chi connectivity index (χ3n) is 10.6. The van der Waals surface area contributed by atoms with Crippen molar-refractivity contribution in [1.82, 2.24) is 5.48 Å². The van der Waals surface area contributed by atoms with Crippen molar-refractivity contribution >= 4 is 5.96 Å². The normalized spacial score (nSPS) is 44.5. The minimum atomic E-state index is -0.514. The summed E-state index contributed by atoms with van der Waals surface area (Å²) in [6.07, 6.45) is 12.8. The van der Waals surface area contributed by atoms with E-state index >= 15 is 0 Å². The molecule has 0 bridgehead atoms. The van der Waals surface area contributed by atoms with Crippen LogP contribution in [-0.2, 0) is 4.84 Å². The molecule has 0 aromatic carbocycles. The van der Waals surface area contributed by atoms with E-state index in [1.54, 1.807) is 0 Å². The summed E-state index contributed by atoms with van der Waals surface area (Å²) in [7, 11) is 0. The van der Waals surface area contributed by atoms with Crippen LogP contribution < -0.4 is 16.9 Å². The molecule has 0 spiro atoms. The standard InChI is InChI=1S/C26H48N4O3/c1-24-11-9-20(31)17-19(24)6-7-22-21(24)10-12-25(2)18(8-13-26(22,25)32)5-3-15-30-33-16-4-14-29-23(27)28/h18-22,30-32H,3-17H2,1-2H3,(H4,27,28,29)/t18?,19?,20?,21-,22-,24+,25-,26-/m1/s1. The van der Waals surface area contributed by atoms with Crippen LogP contribution in [0, 0.1) is 34.5 Å². The summed E-state index contributed by atoms with van der Waals surface area (Å²) in [6.45, 7) is 6.90. The molecule has 4 aliphatic carbocycles. The quantitative estimate of drug-likeness (QED) is 0.154. The van der Waals surface area contributed by atoms with Gasteiger partial charge in [-0.25, -0.2) is 5.48 Å². The molecule has 0 saturated heterocycles. The number of aliphatic hydroxyl groups excluding tert-OH is 1. The summed E-state index contributed by atoms with van der Waals surface area (Å²) < 4.78 is 0. The number of nitrogens with zero attached hydrogens (tertiary/aromatic N) is 1. The number of aliphatic hydroxyl groups is 2. The first-order valence-electron chi connectivity index (χ1n) is 13.5. The van der Waals surface area contributed by atoms with Crippen LogP contribution >= 0.6 is 0 Å². The maximum Gasteiger partial charge on any atom is 0.185 e. The lowest BCUT2D eigenvalue weighted by Crippen LogP contribution is -2.62. The van der Waals surface area contributed by atoms with Crippen LogP contribution in [-0.4, -0.2) is 47.6 Å². The number of hydrogen-bond donors (Lipinski definition) is 5. The van der Waals surface area contributed by atoms with Gasteiger partial charge in [-0.2, -0.15) is 0 Å². The first kappa shape index (κ1) is 25.2. The Morgan fingerprint density at radius 1 is 1.03 bits per heavy atom. The highest BCUT2D eigenvalue weighted by Crippen LogP contribution is 2.69. The zero-order valence-electron chi connectivity index (χ0n) is 20.9. The zero-order chi connectivity index (χ0) is 23.7. The molecule has 4 fully saturated rings. The Morgan fingerprint density at radius 3 is 2.64 bits per heavy atom. The fraction of sp³-hybridized carbons (Fsp3) is 0.962. The van der Waals surface area contributed by atoms with E-state index in [1.165, 1.54) is 12.8 Å². The van der Waals surface area contributed by atoms with Gasteiger partial charge in [0.25, 0.3) is 0 Å². The maximum atomic E-state index is 12.2. The van der Waals surface area contributed by atoms with Crippen molar-refractivity contribution in [3.8, 4) is 0 Å². The van der Waals surface area contributed by atoms with Gasteiger partial charge in [-0.15, -0.1) is 0 Å². The molecule has 0 aromatic heterocycles. The molecule has 0 heterocycles. The van der Waals surface area contributed by atoms with Crippen molar-refractivity contribution in [1.29, 1.82) is 0 Å². The highest BCUT2D eigenvalue weighted by atomic mass is 16.6. The monoisotopic (exact) mass is 464 g/mol. The van der Waals surface area contributed by atoms with Crippen LogP contribution in [0.2, 0.25) is 0 Å². The lowest BCUT2D eigenvalue weighted by Gasteiger charge is -2.63. The van der Waals surface area contributed by atoms with Gasteiger partial charge in [0.2, 0.25) is 0 Å². The van der Waals surface area contributed by atoms with Gasteiger partial charge in [0.15, 0.2) is 5.96 Å². The number of guanidine groups is 1. The number of aliphatic imine (C=N–C) groups is 1. The largest absolute Gasteiger partial charge is 0.393 e. The van der Waals surface area contributed by atoms with Crippen LogP contribution in [0.5, 0.6) is 0 Å². The summed E-state index contributed by atoms with van der Waals surface area (Å²) in [5, 5.41) is 22.5. The Hall–Kier alpha value is -0.890. The fourth-order valence-corrected chi connectivity index (χ4v) is 8.69. The molecular weight excluding hydrogens is 416 g/mol. The van der Waals surface area contributed by atoms with Crippen molar-refractivity contribution in [2.45, 2.75) is 103 Å². The van der Waals surface area contributed by atoms with E-state index in [-0.39, 0.29) is 17.5 Å². The Morgan fingerprint density at radius 2 is 1.85 bits per heavy atom. The van der Waals surface area contributed by atoms with Crippen molar-refractivity contribution < 1.29 is 15.1 Å². The molecule has 8 atom stereocenters.